The van der Waals surface area contributed by atoms with Crippen LogP contribution in [0.2, 0.25) is 0 Å². The number of hydrogen-bond donors (Lipinski definition) is 1. The third-order valence-corrected chi connectivity index (χ3v) is 8.54. The number of amides is 2. The largest absolute Gasteiger partial charge is 0.358 e. The quantitative estimate of drug-likeness (QED) is 0.583. The Morgan fingerprint density at radius 2 is 1.53 bits per heavy atom. The second kappa shape index (κ2) is 9.28. The summed E-state index contributed by atoms with van der Waals surface area (Å²) in [6, 6.07) is 18.7. The Labute approximate surface area is 188 Å². The zero-order valence-electron chi connectivity index (χ0n) is 18.2. The number of fused-ring (bicyclic) bond motifs is 2. The molecule has 168 valence electrons. The highest BCUT2D eigenvalue weighted by Crippen LogP contribution is 2.30. The Balaban J connectivity index is 1.44. The van der Waals surface area contributed by atoms with E-state index in [1.807, 2.05) is 24.3 Å². The lowest BCUT2D eigenvalue weighted by Gasteiger charge is -2.31. The van der Waals surface area contributed by atoms with Crippen LogP contribution in [0.25, 0.3) is 21.5 Å². The molecule has 6 nitrogen and oxygen atoms in total. The van der Waals surface area contributed by atoms with Crippen molar-refractivity contribution in [2.24, 2.45) is 0 Å². The average Bonchev–Trinajstić information content (AvgIpc) is 2.81. The van der Waals surface area contributed by atoms with Gasteiger partial charge in [-0.15, -0.1) is 0 Å². The average molecular weight is 453 g/mol. The van der Waals surface area contributed by atoms with Crippen LogP contribution in [0.5, 0.6) is 0 Å². The van der Waals surface area contributed by atoms with E-state index in [4.69, 9.17) is 0 Å². The molecule has 4 rings (SSSR count). The van der Waals surface area contributed by atoms with Crippen molar-refractivity contribution >= 4 is 43.2 Å². The number of piperidine rings is 1. The summed E-state index contributed by atoms with van der Waals surface area (Å²) in [6.45, 7) is 0.819. The van der Waals surface area contributed by atoms with E-state index >= 15 is 0 Å². The van der Waals surface area contributed by atoms with Crippen LogP contribution in [0, 0.1) is 0 Å². The number of nitrogens with zero attached hydrogens (tertiary/aromatic N) is 1. The summed E-state index contributed by atoms with van der Waals surface area (Å²) in [5.74, 6) is -0.939. The summed E-state index contributed by atoms with van der Waals surface area (Å²) in [7, 11) is -2.07. The van der Waals surface area contributed by atoms with Crippen LogP contribution in [-0.2, 0) is 25.8 Å². The lowest BCUT2D eigenvalue weighted by atomic mass is 9.94. The molecule has 1 aliphatic heterocycles. The van der Waals surface area contributed by atoms with Gasteiger partial charge in [0.25, 0.3) is 0 Å². The van der Waals surface area contributed by atoms with Gasteiger partial charge in [0.2, 0.25) is 11.8 Å². The number of benzene rings is 3. The van der Waals surface area contributed by atoms with Gasteiger partial charge in [-0.05, 0) is 52.4 Å². The zero-order chi connectivity index (χ0) is 22.7. The minimum absolute atomic E-state index is 0.0455. The second-order valence-corrected chi connectivity index (χ2v) is 10.6. The van der Waals surface area contributed by atoms with E-state index < -0.39 is 26.7 Å². The van der Waals surface area contributed by atoms with Gasteiger partial charge in [-0.2, -0.15) is 0 Å². The van der Waals surface area contributed by atoms with Crippen LogP contribution < -0.4 is 5.32 Å². The van der Waals surface area contributed by atoms with Crippen molar-refractivity contribution in [2.75, 3.05) is 25.9 Å². The number of sulfone groups is 1. The van der Waals surface area contributed by atoms with E-state index in [0.29, 0.717) is 38.8 Å². The van der Waals surface area contributed by atoms with Crippen molar-refractivity contribution in [3.8, 4) is 0 Å². The molecule has 1 saturated heterocycles. The number of rotatable bonds is 6. The molecule has 0 aromatic heterocycles. The molecule has 1 heterocycles. The predicted octanol–water partition coefficient (Wildman–Crippen LogP) is 3.08. The van der Waals surface area contributed by atoms with E-state index in [-0.39, 0.29) is 5.91 Å². The van der Waals surface area contributed by atoms with Gasteiger partial charge in [-0.1, -0.05) is 48.5 Å². The molecule has 2 amide bonds. The molecule has 1 fully saturated rings. The Hall–Kier alpha value is -2.93. The number of hydrogen-bond acceptors (Lipinski definition) is 4. The fourth-order valence-corrected chi connectivity index (χ4v) is 6.28. The van der Waals surface area contributed by atoms with Crippen molar-refractivity contribution in [3.63, 3.8) is 0 Å². The maximum absolute atomic E-state index is 12.9. The van der Waals surface area contributed by atoms with E-state index in [9.17, 15) is 18.0 Å². The fraction of sp³-hybridized carbons (Fsp3) is 0.360. The Morgan fingerprint density at radius 3 is 2.09 bits per heavy atom. The van der Waals surface area contributed by atoms with Gasteiger partial charge < -0.3 is 10.2 Å². The smallest absolute Gasteiger partial charge is 0.234 e. The lowest BCUT2D eigenvalue weighted by molar-refractivity contribution is -0.132. The Kier molecular flexibility index (Phi) is 6.46. The summed E-state index contributed by atoms with van der Waals surface area (Å²) in [4.78, 5) is 26.2. The number of carbonyl (C=O) groups excluding carboxylic acids is 2. The maximum atomic E-state index is 12.9. The highest BCUT2D eigenvalue weighted by atomic mass is 32.2. The Bertz CT molecular complexity index is 1210. The molecule has 1 aliphatic rings. The van der Waals surface area contributed by atoms with Gasteiger partial charge in [0.05, 0.1) is 5.25 Å². The molecule has 0 aliphatic carbocycles. The van der Waals surface area contributed by atoms with Gasteiger partial charge in [-0.25, -0.2) is 8.42 Å². The normalized spacial score (nSPS) is 15.2. The van der Waals surface area contributed by atoms with Gasteiger partial charge >= 0.3 is 0 Å². The van der Waals surface area contributed by atoms with Crippen molar-refractivity contribution in [1.82, 2.24) is 10.2 Å². The molecule has 7 heteroatoms. The van der Waals surface area contributed by atoms with Crippen LogP contribution in [0.4, 0.5) is 0 Å². The van der Waals surface area contributed by atoms with E-state index in [1.165, 1.54) is 12.6 Å². The van der Waals surface area contributed by atoms with Crippen molar-refractivity contribution in [3.05, 3.63) is 60.2 Å². The van der Waals surface area contributed by atoms with Gasteiger partial charge in [0.15, 0.2) is 9.84 Å². The molecule has 0 spiro atoms. The molecular formula is C25H28N2O4S. The van der Waals surface area contributed by atoms with Crippen LogP contribution in [-0.4, -0.2) is 56.3 Å². The monoisotopic (exact) mass is 452 g/mol. The van der Waals surface area contributed by atoms with Gasteiger partial charge in [0.1, 0.15) is 5.75 Å². The van der Waals surface area contributed by atoms with E-state index in [2.05, 4.69) is 35.6 Å². The summed E-state index contributed by atoms with van der Waals surface area (Å²) in [5.41, 5.74) is 1.18. The first kappa shape index (κ1) is 22.3. The summed E-state index contributed by atoms with van der Waals surface area (Å²) in [6.07, 6.45) is 1.77. The van der Waals surface area contributed by atoms with E-state index in [1.54, 1.807) is 4.90 Å². The molecule has 3 aromatic rings. The molecule has 0 radical (unpaired) electrons. The van der Waals surface area contributed by atoms with Crippen LogP contribution in [0.1, 0.15) is 24.8 Å². The number of likely N-dealkylation sites (tertiary alicyclic amines) is 1. The first-order valence-corrected chi connectivity index (χ1v) is 12.7. The standard InChI is InChI=1S/C25H28N2O4S/c1-26-24(28)17-32(30,31)20-12-14-27(15-13-20)25(29)11-10-23-21-8-4-2-6-18(21)16-19-7-3-5-9-22(19)23/h2-9,16,20H,10-15,17H2,1H3,(H,26,28). The Morgan fingerprint density at radius 1 is 0.969 bits per heavy atom. The highest BCUT2D eigenvalue weighted by molar-refractivity contribution is 7.92. The second-order valence-electron chi connectivity index (χ2n) is 8.36. The molecule has 1 N–H and O–H groups in total. The number of nitrogens with one attached hydrogen (secondary N) is 1. The number of aryl methyl sites for hydroxylation is 1. The molecule has 0 bridgehead atoms. The maximum Gasteiger partial charge on any atom is 0.234 e. The minimum atomic E-state index is -3.50. The highest BCUT2D eigenvalue weighted by Gasteiger charge is 2.32. The molecular weight excluding hydrogens is 424 g/mol. The van der Waals surface area contributed by atoms with Gasteiger partial charge in [-0.3, -0.25) is 9.59 Å². The first-order chi connectivity index (χ1) is 15.4. The van der Waals surface area contributed by atoms with Crippen LogP contribution >= 0.6 is 0 Å². The van der Waals surface area contributed by atoms with Crippen molar-refractivity contribution in [1.29, 1.82) is 0 Å². The summed E-state index contributed by atoms with van der Waals surface area (Å²) >= 11 is 0. The summed E-state index contributed by atoms with van der Waals surface area (Å²) in [5, 5.41) is 6.45. The van der Waals surface area contributed by atoms with Crippen molar-refractivity contribution in [2.45, 2.75) is 30.9 Å². The van der Waals surface area contributed by atoms with Gasteiger partial charge in [0, 0.05) is 26.6 Å². The first-order valence-electron chi connectivity index (χ1n) is 11.0. The van der Waals surface area contributed by atoms with Crippen LogP contribution in [0.15, 0.2) is 54.6 Å². The zero-order valence-corrected chi connectivity index (χ0v) is 19.0. The molecule has 32 heavy (non-hydrogen) atoms. The predicted molar refractivity (Wildman–Crippen MR) is 127 cm³/mol. The number of carbonyl (C=O) groups is 2. The molecule has 0 atom stereocenters. The summed E-state index contributed by atoms with van der Waals surface area (Å²) < 4.78 is 24.9. The lowest BCUT2D eigenvalue weighted by Crippen LogP contribution is -2.44. The molecule has 0 saturated carbocycles. The topological polar surface area (TPSA) is 83.6 Å². The molecule has 3 aromatic carbocycles. The van der Waals surface area contributed by atoms with Crippen molar-refractivity contribution < 1.29 is 18.0 Å². The van der Waals surface area contributed by atoms with Crippen LogP contribution in [0.3, 0.4) is 0 Å². The third kappa shape index (κ3) is 4.63. The third-order valence-electron chi connectivity index (χ3n) is 6.39. The SMILES string of the molecule is CNC(=O)CS(=O)(=O)C1CCN(C(=O)CCc2c3ccccc3cc3ccccc23)CC1. The van der Waals surface area contributed by atoms with E-state index in [0.717, 1.165) is 21.5 Å². The fourth-order valence-electron chi connectivity index (χ4n) is 4.60. The minimum Gasteiger partial charge on any atom is -0.358 e. The molecule has 0 unspecified atom stereocenters.